The van der Waals surface area contributed by atoms with E-state index < -0.39 is 24.3 Å². The van der Waals surface area contributed by atoms with Gasteiger partial charge in [0.05, 0.1) is 19.8 Å². The summed E-state index contributed by atoms with van der Waals surface area (Å²) < 4.78 is 30.7. The van der Waals surface area contributed by atoms with Crippen LogP contribution in [0.4, 0.5) is 8.78 Å². The lowest BCUT2D eigenvalue weighted by atomic mass is 10.1. The third-order valence-electron chi connectivity index (χ3n) is 1.87. The molecule has 1 unspecified atom stereocenters. The first kappa shape index (κ1) is 10.9. The van der Waals surface area contributed by atoms with Crippen molar-refractivity contribution < 1.29 is 18.6 Å². The Morgan fingerprint density at radius 3 is 2.57 bits per heavy atom. The smallest absolute Gasteiger partial charge is 0.167 e. The van der Waals surface area contributed by atoms with Crippen molar-refractivity contribution in [3.63, 3.8) is 0 Å². The van der Waals surface area contributed by atoms with E-state index in [2.05, 4.69) is 4.74 Å². The van der Waals surface area contributed by atoms with Crippen LogP contribution in [-0.2, 0) is 0 Å². The molecule has 0 aromatic heterocycles. The van der Waals surface area contributed by atoms with E-state index in [0.717, 1.165) is 6.07 Å². The van der Waals surface area contributed by atoms with Crippen molar-refractivity contribution >= 4 is 0 Å². The molecular weight excluding hydrogens is 192 g/mol. The van der Waals surface area contributed by atoms with Crippen molar-refractivity contribution in [2.45, 2.75) is 6.04 Å². The second-order valence-corrected chi connectivity index (χ2v) is 2.80. The standard InChI is InChI=1S/C9H11F2NO2/c1-14-9-2-5(8(12)4-13)6(10)3-7(9)11/h2-3,8,13H,4,12H2,1H3. The van der Waals surface area contributed by atoms with Gasteiger partial charge in [-0.15, -0.1) is 0 Å². The highest BCUT2D eigenvalue weighted by atomic mass is 19.1. The molecule has 0 saturated carbocycles. The molecule has 0 aliphatic carbocycles. The molecule has 0 saturated heterocycles. The van der Waals surface area contributed by atoms with Crippen molar-refractivity contribution in [3.05, 3.63) is 29.3 Å². The molecule has 0 bridgehead atoms. The zero-order valence-electron chi connectivity index (χ0n) is 7.63. The van der Waals surface area contributed by atoms with Crippen LogP contribution in [0, 0.1) is 11.6 Å². The summed E-state index contributed by atoms with van der Waals surface area (Å²) in [6.07, 6.45) is 0. The lowest BCUT2D eigenvalue weighted by Gasteiger charge is -2.11. The first-order valence-corrected chi connectivity index (χ1v) is 3.99. The number of nitrogens with two attached hydrogens (primary N) is 1. The van der Waals surface area contributed by atoms with Gasteiger partial charge in [0.25, 0.3) is 0 Å². The van der Waals surface area contributed by atoms with Crippen molar-refractivity contribution in [2.75, 3.05) is 13.7 Å². The summed E-state index contributed by atoms with van der Waals surface area (Å²) in [6.45, 7) is -0.411. The highest BCUT2D eigenvalue weighted by Crippen LogP contribution is 2.24. The molecule has 0 radical (unpaired) electrons. The van der Waals surface area contributed by atoms with Crippen LogP contribution in [0.25, 0.3) is 0 Å². The number of ether oxygens (including phenoxy) is 1. The quantitative estimate of drug-likeness (QED) is 0.769. The third-order valence-corrected chi connectivity index (χ3v) is 1.87. The van der Waals surface area contributed by atoms with Crippen LogP contribution in [0.1, 0.15) is 11.6 Å². The molecular formula is C9H11F2NO2. The van der Waals surface area contributed by atoms with Crippen LogP contribution in [-0.4, -0.2) is 18.8 Å². The molecule has 0 amide bonds. The van der Waals surface area contributed by atoms with Crippen LogP contribution in [0.15, 0.2) is 12.1 Å². The van der Waals surface area contributed by atoms with Crippen molar-refractivity contribution in [1.82, 2.24) is 0 Å². The Kier molecular flexibility index (Phi) is 3.38. The van der Waals surface area contributed by atoms with Crippen LogP contribution in [0.3, 0.4) is 0 Å². The third kappa shape index (κ3) is 2.00. The fourth-order valence-electron chi connectivity index (χ4n) is 1.08. The van der Waals surface area contributed by atoms with Crippen molar-refractivity contribution in [1.29, 1.82) is 0 Å². The van der Waals surface area contributed by atoms with E-state index >= 15 is 0 Å². The minimum absolute atomic E-state index is 0.0331. The molecule has 0 aliphatic rings. The number of rotatable bonds is 3. The molecule has 3 nitrogen and oxygen atoms in total. The molecule has 0 aliphatic heterocycles. The molecule has 14 heavy (non-hydrogen) atoms. The van der Waals surface area contributed by atoms with Crippen LogP contribution < -0.4 is 10.5 Å². The fraction of sp³-hybridized carbons (Fsp3) is 0.333. The first-order valence-electron chi connectivity index (χ1n) is 3.99. The Bertz CT molecular complexity index is 331. The number of aliphatic hydroxyl groups is 1. The molecule has 3 N–H and O–H groups in total. The molecule has 78 valence electrons. The zero-order chi connectivity index (χ0) is 10.7. The zero-order valence-corrected chi connectivity index (χ0v) is 7.63. The molecule has 1 aromatic rings. The minimum Gasteiger partial charge on any atom is -0.494 e. The topological polar surface area (TPSA) is 55.5 Å². The monoisotopic (exact) mass is 203 g/mol. The van der Waals surface area contributed by atoms with Gasteiger partial charge in [-0.3, -0.25) is 0 Å². The minimum atomic E-state index is -0.871. The van der Waals surface area contributed by atoms with Crippen molar-refractivity contribution in [3.8, 4) is 5.75 Å². The summed E-state index contributed by atoms with van der Waals surface area (Å²) in [4.78, 5) is 0. The Labute approximate surface area is 80.1 Å². The van der Waals surface area contributed by atoms with E-state index in [9.17, 15) is 8.78 Å². The number of methoxy groups -OCH3 is 1. The molecule has 0 spiro atoms. The van der Waals surface area contributed by atoms with E-state index in [-0.39, 0.29) is 11.3 Å². The average Bonchev–Trinajstić information content (AvgIpc) is 2.17. The molecule has 1 atom stereocenters. The summed E-state index contributed by atoms with van der Waals surface area (Å²) in [5, 5.41) is 8.72. The molecule has 0 fully saturated rings. The summed E-state index contributed by atoms with van der Waals surface area (Å²) in [5.41, 5.74) is 5.43. The van der Waals surface area contributed by atoms with Crippen LogP contribution >= 0.6 is 0 Å². The van der Waals surface area contributed by atoms with E-state index in [4.69, 9.17) is 10.8 Å². The predicted molar refractivity (Wildman–Crippen MR) is 46.9 cm³/mol. The fourth-order valence-corrected chi connectivity index (χ4v) is 1.08. The normalized spacial score (nSPS) is 12.6. The molecule has 1 aromatic carbocycles. The molecule has 5 heteroatoms. The molecule has 0 heterocycles. The summed E-state index contributed by atoms with van der Waals surface area (Å²) >= 11 is 0. The van der Waals surface area contributed by atoms with E-state index in [1.807, 2.05) is 0 Å². The van der Waals surface area contributed by atoms with Gasteiger partial charge in [-0.1, -0.05) is 0 Å². The predicted octanol–water partition coefficient (Wildman–Crippen LogP) is 0.966. The number of aliphatic hydroxyl groups excluding tert-OH is 1. The summed E-state index contributed by atoms with van der Waals surface area (Å²) in [5.74, 6) is -1.67. The van der Waals surface area contributed by atoms with Gasteiger partial charge in [-0.25, -0.2) is 8.78 Å². The Hall–Kier alpha value is -1.20. The van der Waals surface area contributed by atoms with Gasteiger partial charge in [-0.05, 0) is 6.07 Å². The number of benzene rings is 1. The van der Waals surface area contributed by atoms with Crippen LogP contribution in [0.2, 0.25) is 0 Å². The Morgan fingerprint density at radius 2 is 2.07 bits per heavy atom. The summed E-state index contributed by atoms with van der Waals surface area (Å²) in [6, 6.07) is 0.958. The van der Waals surface area contributed by atoms with Gasteiger partial charge in [-0.2, -0.15) is 0 Å². The number of hydrogen-bond donors (Lipinski definition) is 2. The number of halogens is 2. The van der Waals surface area contributed by atoms with Gasteiger partial charge in [0.15, 0.2) is 11.6 Å². The number of hydrogen-bond acceptors (Lipinski definition) is 3. The largest absolute Gasteiger partial charge is 0.494 e. The lowest BCUT2D eigenvalue weighted by Crippen LogP contribution is -2.16. The average molecular weight is 203 g/mol. The lowest BCUT2D eigenvalue weighted by molar-refractivity contribution is 0.264. The summed E-state index contributed by atoms with van der Waals surface area (Å²) in [7, 11) is 1.27. The van der Waals surface area contributed by atoms with Gasteiger partial charge < -0.3 is 15.6 Å². The van der Waals surface area contributed by atoms with Gasteiger partial charge in [0.1, 0.15) is 5.82 Å². The van der Waals surface area contributed by atoms with Gasteiger partial charge in [0, 0.05) is 11.6 Å². The van der Waals surface area contributed by atoms with E-state index in [1.54, 1.807) is 0 Å². The van der Waals surface area contributed by atoms with E-state index in [0.29, 0.717) is 6.07 Å². The second-order valence-electron chi connectivity index (χ2n) is 2.80. The Balaban J connectivity index is 3.17. The maximum absolute atomic E-state index is 13.1. The second kappa shape index (κ2) is 4.34. The first-order chi connectivity index (χ1) is 6.60. The van der Waals surface area contributed by atoms with Gasteiger partial charge in [0.2, 0.25) is 0 Å². The maximum Gasteiger partial charge on any atom is 0.167 e. The maximum atomic E-state index is 13.1. The Morgan fingerprint density at radius 1 is 1.43 bits per heavy atom. The van der Waals surface area contributed by atoms with Crippen molar-refractivity contribution in [2.24, 2.45) is 5.73 Å². The highest BCUT2D eigenvalue weighted by Gasteiger charge is 2.15. The van der Waals surface area contributed by atoms with E-state index in [1.165, 1.54) is 7.11 Å². The molecule has 1 rings (SSSR count). The highest BCUT2D eigenvalue weighted by molar-refractivity contribution is 5.33. The SMILES string of the molecule is COc1cc(C(N)CO)c(F)cc1F. The van der Waals surface area contributed by atoms with Gasteiger partial charge >= 0.3 is 0 Å². The van der Waals surface area contributed by atoms with Crippen LogP contribution in [0.5, 0.6) is 5.75 Å².